The number of carbonyl (C=O) groups is 2. The molecule has 0 radical (unpaired) electrons. The quantitative estimate of drug-likeness (QED) is 0.0942. The van der Waals surface area contributed by atoms with Crippen LogP contribution < -0.4 is 4.74 Å². The number of aliphatic imine (C=N–C) groups is 1. The number of thiophene rings is 1. The zero-order valence-electron chi connectivity index (χ0n) is 18.8. The summed E-state index contributed by atoms with van der Waals surface area (Å²) in [5.74, 6) is -1.46. The second-order valence-corrected chi connectivity index (χ2v) is 9.18. The van der Waals surface area contributed by atoms with Crippen LogP contribution >= 0.6 is 22.9 Å². The largest absolute Gasteiger partial charge is 0.422 e. The minimum absolute atomic E-state index is 0.0598. The van der Waals surface area contributed by atoms with Crippen LogP contribution in [0, 0.1) is 20.2 Å². The lowest BCUT2D eigenvalue weighted by Crippen LogP contribution is -2.09. The van der Waals surface area contributed by atoms with E-state index in [2.05, 4.69) is 4.99 Å². The van der Waals surface area contributed by atoms with E-state index in [1.165, 1.54) is 54.6 Å². The van der Waals surface area contributed by atoms with Crippen molar-refractivity contribution in [3.63, 3.8) is 0 Å². The van der Waals surface area contributed by atoms with Gasteiger partial charge in [0.05, 0.1) is 20.4 Å². The molecular weight excluding hydrogens is 538 g/mol. The summed E-state index contributed by atoms with van der Waals surface area (Å²) < 4.78 is 11.3. The topological polar surface area (TPSA) is 151 Å². The van der Waals surface area contributed by atoms with Crippen molar-refractivity contribution < 1.29 is 28.9 Å². The Bertz CT molecular complexity index is 1730. The van der Waals surface area contributed by atoms with Gasteiger partial charge < -0.3 is 9.47 Å². The van der Waals surface area contributed by atoms with Gasteiger partial charge in [0, 0.05) is 39.9 Å². The van der Waals surface area contributed by atoms with E-state index in [0.717, 1.165) is 11.3 Å². The molecule has 0 amide bonds. The van der Waals surface area contributed by atoms with Crippen LogP contribution in [0.5, 0.6) is 5.75 Å². The Balaban J connectivity index is 1.44. The Kier molecular flexibility index (Phi) is 6.41. The number of rotatable bonds is 6. The van der Waals surface area contributed by atoms with E-state index >= 15 is 0 Å². The molecule has 2 heterocycles. The van der Waals surface area contributed by atoms with E-state index in [1.54, 1.807) is 18.2 Å². The summed E-state index contributed by atoms with van der Waals surface area (Å²) in [6.45, 7) is 0. The highest BCUT2D eigenvalue weighted by Gasteiger charge is 2.29. The Hall–Kier alpha value is -4.94. The molecule has 188 valence electrons. The standard InChI is InChI=1S/C25H12ClN3O8S/c26-21-17-10-9-16(29(34)35)12-20(17)38-22(21)23-27-18(25(31)37-23)11-14-3-1-2-4-19(14)36-24(30)13-5-7-15(8-6-13)28(32)33/h1-12H/b18-11+. The van der Waals surface area contributed by atoms with Gasteiger partial charge in [-0.15, -0.1) is 11.3 Å². The van der Waals surface area contributed by atoms with E-state index < -0.39 is 21.8 Å². The predicted octanol–water partition coefficient (Wildman–Crippen LogP) is 5.93. The molecule has 0 atom stereocenters. The van der Waals surface area contributed by atoms with Gasteiger partial charge in [0.25, 0.3) is 11.4 Å². The number of nitro benzene ring substituents is 2. The molecule has 38 heavy (non-hydrogen) atoms. The van der Waals surface area contributed by atoms with Crippen molar-refractivity contribution in [3.05, 3.63) is 114 Å². The first-order chi connectivity index (χ1) is 18.2. The normalized spacial score (nSPS) is 13.9. The molecule has 0 fully saturated rings. The van der Waals surface area contributed by atoms with Crippen molar-refractivity contribution in [1.82, 2.24) is 0 Å². The van der Waals surface area contributed by atoms with Crippen molar-refractivity contribution in [1.29, 1.82) is 0 Å². The molecule has 0 saturated heterocycles. The smallest absolute Gasteiger partial charge is 0.363 e. The predicted molar refractivity (Wildman–Crippen MR) is 139 cm³/mol. The van der Waals surface area contributed by atoms with Crippen LogP contribution in [0.3, 0.4) is 0 Å². The Morgan fingerprint density at radius 2 is 1.68 bits per heavy atom. The van der Waals surface area contributed by atoms with Crippen LogP contribution in [-0.2, 0) is 9.53 Å². The van der Waals surface area contributed by atoms with E-state index in [9.17, 15) is 29.8 Å². The Labute approximate surface area is 221 Å². The summed E-state index contributed by atoms with van der Waals surface area (Å²) in [5, 5.41) is 22.7. The summed E-state index contributed by atoms with van der Waals surface area (Å²) in [7, 11) is 0. The highest BCUT2D eigenvalue weighted by molar-refractivity contribution is 7.21. The van der Waals surface area contributed by atoms with Gasteiger partial charge in [-0.2, -0.15) is 0 Å². The Morgan fingerprint density at radius 1 is 1.00 bits per heavy atom. The first-order valence-corrected chi connectivity index (χ1v) is 11.9. The van der Waals surface area contributed by atoms with Crippen molar-refractivity contribution in [2.24, 2.45) is 4.99 Å². The summed E-state index contributed by atoms with van der Waals surface area (Å²) >= 11 is 7.54. The molecule has 1 aliphatic rings. The molecule has 0 saturated carbocycles. The number of ether oxygens (including phenoxy) is 2. The van der Waals surface area contributed by atoms with E-state index in [1.807, 2.05) is 0 Å². The zero-order chi connectivity index (χ0) is 27.0. The van der Waals surface area contributed by atoms with E-state index in [4.69, 9.17) is 21.1 Å². The van der Waals surface area contributed by atoms with Crippen LogP contribution in [0.25, 0.3) is 16.2 Å². The summed E-state index contributed by atoms with van der Waals surface area (Å²) in [4.78, 5) is 50.6. The third-order valence-corrected chi connectivity index (χ3v) is 7.01. The van der Waals surface area contributed by atoms with Gasteiger partial charge in [-0.25, -0.2) is 14.6 Å². The van der Waals surface area contributed by atoms with Gasteiger partial charge in [0.2, 0.25) is 5.90 Å². The molecule has 0 unspecified atom stereocenters. The summed E-state index contributed by atoms with van der Waals surface area (Å²) in [6.07, 6.45) is 1.37. The second kappa shape index (κ2) is 9.84. The fraction of sp³-hybridized carbons (Fsp3) is 0. The van der Waals surface area contributed by atoms with Gasteiger partial charge in [0.15, 0.2) is 5.70 Å². The number of halogens is 1. The molecule has 11 nitrogen and oxygen atoms in total. The van der Waals surface area contributed by atoms with Gasteiger partial charge in [-0.3, -0.25) is 20.2 Å². The first-order valence-electron chi connectivity index (χ1n) is 10.7. The van der Waals surface area contributed by atoms with Crippen LogP contribution in [0.4, 0.5) is 11.4 Å². The summed E-state index contributed by atoms with van der Waals surface area (Å²) in [6, 6.07) is 15.5. The number of cyclic esters (lactones) is 1. The van der Waals surface area contributed by atoms with Crippen LogP contribution in [0.1, 0.15) is 20.8 Å². The summed E-state index contributed by atoms with van der Waals surface area (Å²) in [5.41, 5.74) is 0.0826. The Morgan fingerprint density at radius 3 is 2.39 bits per heavy atom. The minimum Gasteiger partial charge on any atom is -0.422 e. The van der Waals surface area contributed by atoms with Crippen molar-refractivity contribution in [3.8, 4) is 5.75 Å². The number of hydrogen-bond donors (Lipinski definition) is 0. The minimum atomic E-state index is -0.768. The number of nitrogens with zero attached hydrogens (tertiary/aromatic N) is 3. The van der Waals surface area contributed by atoms with Crippen LogP contribution in [0.2, 0.25) is 5.02 Å². The van der Waals surface area contributed by atoms with Crippen molar-refractivity contribution in [2.45, 2.75) is 0 Å². The van der Waals surface area contributed by atoms with E-state index in [-0.39, 0.29) is 39.3 Å². The van der Waals surface area contributed by atoms with Gasteiger partial charge in [-0.1, -0.05) is 29.8 Å². The number of esters is 2. The van der Waals surface area contributed by atoms with Gasteiger partial charge in [-0.05, 0) is 30.3 Å². The number of hydrogen-bond acceptors (Lipinski definition) is 10. The monoisotopic (exact) mass is 549 g/mol. The molecule has 1 aromatic heterocycles. The molecule has 0 bridgehead atoms. The maximum Gasteiger partial charge on any atom is 0.363 e. The highest BCUT2D eigenvalue weighted by Crippen LogP contribution is 2.39. The maximum absolute atomic E-state index is 12.6. The number of fused-ring (bicyclic) bond motifs is 1. The number of non-ortho nitro benzene ring substituents is 2. The number of carbonyl (C=O) groups excluding carboxylic acids is 2. The number of nitro groups is 2. The fourth-order valence-electron chi connectivity index (χ4n) is 3.53. The third kappa shape index (κ3) is 4.73. The highest BCUT2D eigenvalue weighted by atomic mass is 35.5. The third-order valence-electron chi connectivity index (χ3n) is 5.37. The lowest BCUT2D eigenvalue weighted by molar-refractivity contribution is -0.385. The van der Waals surface area contributed by atoms with Crippen molar-refractivity contribution in [2.75, 3.05) is 0 Å². The lowest BCUT2D eigenvalue weighted by atomic mass is 10.1. The molecule has 0 N–H and O–H groups in total. The lowest BCUT2D eigenvalue weighted by Gasteiger charge is -2.07. The van der Waals surface area contributed by atoms with Gasteiger partial charge >= 0.3 is 11.9 Å². The first kappa shape index (κ1) is 24.7. The van der Waals surface area contributed by atoms with E-state index in [0.29, 0.717) is 20.5 Å². The average Bonchev–Trinajstić information content (AvgIpc) is 3.43. The average molecular weight is 550 g/mol. The molecule has 5 rings (SSSR count). The number of benzene rings is 3. The zero-order valence-corrected chi connectivity index (χ0v) is 20.4. The molecule has 0 spiro atoms. The second-order valence-electron chi connectivity index (χ2n) is 7.75. The van der Waals surface area contributed by atoms with Crippen LogP contribution in [-0.4, -0.2) is 27.7 Å². The SMILES string of the molecule is O=C1OC(c2sc3cc([N+](=O)[O-])ccc3c2Cl)=N/C1=C/c1ccccc1OC(=O)c1ccc([N+](=O)[O-])cc1. The molecule has 3 aromatic carbocycles. The molecule has 13 heteroatoms. The number of para-hydroxylation sites is 1. The molecule has 4 aromatic rings. The fourth-order valence-corrected chi connectivity index (χ4v) is 5.00. The molecular formula is C25H12ClN3O8S. The maximum atomic E-state index is 12.6. The van der Waals surface area contributed by atoms with Crippen molar-refractivity contribution >= 4 is 68.3 Å². The van der Waals surface area contributed by atoms with Gasteiger partial charge in [0.1, 0.15) is 10.6 Å². The molecule has 1 aliphatic heterocycles. The molecule has 0 aliphatic carbocycles. The van der Waals surface area contributed by atoms with Crippen LogP contribution in [0.15, 0.2) is 77.4 Å².